The molecular formula is C21H28ClN3O2. The summed E-state index contributed by atoms with van der Waals surface area (Å²) in [6, 6.07) is 13.2. The van der Waals surface area contributed by atoms with Gasteiger partial charge >= 0.3 is 0 Å². The predicted octanol–water partition coefficient (Wildman–Crippen LogP) is 3.52. The average Bonchev–Trinajstić information content (AvgIpc) is 2.58. The molecule has 1 unspecified atom stereocenters. The maximum Gasteiger partial charge on any atom is 0.243 e. The zero-order valence-electron chi connectivity index (χ0n) is 16.3. The zero-order valence-corrected chi connectivity index (χ0v) is 17.1. The SMILES string of the molecule is Cc1cc(C)c(NC(=O)CN(C)C(=O)CC(N)c2ccccc2)c(C)c1.Cl. The molecule has 2 rings (SSSR count). The van der Waals surface area contributed by atoms with Crippen LogP contribution >= 0.6 is 12.4 Å². The molecule has 0 aliphatic rings. The molecule has 146 valence electrons. The van der Waals surface area contributed by atoms with Gasteiger partial charge in [0, 0.05) is 25.2 Å². The predicted molar refractivity (Wildman–Crippen MR) is 112 cm³/mol. The Morgan fingerprint density at radius 1 is 1.07 bits per heavy atom. The molecule has 2 aromatic carbocycles. The molecule has 0 aliphatic carbocycles. The molecule has 1 atom stereocenters. The molecule has 0 spiro atoms. The highest BCUT2D eigenvalue weighted by molar-refractivity contribution is 5.95. The van der Waals surface area contributed by atoms with Crippen molar-refractivity contribution in [3.05, 3.63) is 64.7 Å². The number of amides is 2. The van der Waals surface area contributed by atoms with Crippen molar-refractivity contribution in [2.24, 2.45) is 5.73 Å². The molecule has 0 saturated carbocycles. The van der Waals surface area contributed by atoms with E-state index in [9.17, 15) is 9.59 Å². The third kappa shape index (κ3) is 6.38. The minimum atomic E-state index is -0.379. The van der Waals surface area contributed by atoms with Gasteiger partial charge in [0.25, 0.3) is 0 Å². The molecule has 27 heavy (non-hydrogen) atoms. The number of benzene rings is 2. The van der Waals surface area contributed by atoms with Gasteiger partial charge in [-0.15, -0.1) is 12.4 Å². The Bertz CT molecular complexity index is 770. The number of carbonyl (C=O) groups excluding carboxylic acids is 2. The summed E-state index contributed by atoms with van der Waals surface area (Å²) < 4.78 is 0. The number of aryl methyl sites for hydroxylation is 3. The molecule has 3 N–H and O–H groups in total. The lowest BCUT2D eigenvalue weighted by Gasteiger charge is -2.20. The lowest BCUT2D eigenvalue weighted by atomic mass is 10.0. The Morgan fingerprint density at radius 3 is 2.19 bits per heavy atom. The highest BCUT2D eigenvalue weighted by Gasteiger charge is 2.18. The lowest BCUT2D eigenvalue weighted by molar-refractivity contribution is -0.133. The van der Waals surface area contributed by atoms with Crippen LogP contribution in [0.5, 0.6) is 0 Å². The molecule has 0 heterocycles. The van der Waals surface area contributed by atoms with E-state index in [-0.39, 0.29) is 43.2 Å². The minimum Gasteiger partial charge on any atom is -0.336 e. The van der Waals surface area contributed by atoms with Crippen molar-refractivity contribution < 1.29 is 9.59 Å². The van der Waals surface area contributed by atoms with E-state index in [1.165, 1.54) is 4.90 Å². The van der Waals surface area contributed by atoms with Crippen molar-refractivity contribution in [3.8, 4) is 0 Å². The molecule has 6 heteroatoms. The largest absolute Gasteiger partial charge is 0.336 e. The van der Waals surface area contributed by atoms with Gasteiger partial charge in [0.2, 0.25) is 11.8 Å². The van der Waals surface area contributed by atoms with Crippen molar-refractivity contribution >= 4 is 29.9 Å². The van der Waals surface area contributed by atoms with Crippen LogP contribution in [-0.4, -0.2) is 30.3 Å². The lowest BCUT2D eigenvalue weighted by Crippen LogP contribution is -2.36. The smallest absolute Gasteiger partial charge is 0.243 e. The fourth-order valence-electron chi connectivity index (χ4n) is 3.02. The van der Waals surface area contributed by atoms with E-state index < -0.39 is 0 Å². The van der Waals surface area contributed by atoms with Crippen LogP contribution in [-0.2, 0) is 9.59 Å². The van der Waals surface area contributed by atoms with Crippen molar-refractivity contribution in [1.29, 1.82) is 0 Å². The Morgan fingerprint density at radius 2 is 1.63 bits per heavy atom. The number of rotatable bonds is 6. The quantitative estimate of drug-likeness (QED) is 0.793. The summed E-state index contributed by atoms with van der Waals surface area (Å²) in [7, 11) is 1.62. The fourth-order valence-corrected chi connectivity index (χ4v) is 3.02. The number of nitrogens with one attached hydrogen (secondary N) is 1. The van der Waals surface area contributed by atoms with E-state index in [0.717, 1.165) is 27.9 Å². The molecule has 0 saturated heterocycles. The number of hydrogen-bond donors (Lipinski definition) is 2. The number of carbonyl (C=O) groups is 2. The van der Waals surface area contributed by atoms with Gasteiger partial charge in [-0.3, -0.25) is 9.59 Å². The molecule has 0 aliphatic heterocycles. The summed E-state index contributed by atoms with van der Waals surface area (Å²) in [6.45, 7) is 5.94. The second-order valence-electron chi connectivity index (χ2n) is 6.79. The number of nitrogens with two attached hydrogens (primary N) is 1. The highest BCUT2D eigenvalue weighted by Crippen LogP contribution is 2.22. The Hall–Kier alpha value is -2.37. The number of hydrogen-bond acceptors (Lipinski definition) is 3. The Balaban J connectivity index is 0.00000364. The third-order valence-corrected chi connectivity index (χ3v) is 4.37. The molecule has 0 fully saturated rings. The van der Waals surface area contributed by atoms with Gasteiger partial charge in [0.05, 0.1) is 6.54 Å². The van der Waals surface area contributed by atoms with Gasteiger partial charge in [-0.2, -0.15) is 0 Å². The number of halogens is 1. The van der Waals surface area contributed by atoms with Gasteiger partial charge in [0.15, 0.2) is 0 Å². The Labute approximate surface area is 167 Å². The second kappa shape index (κ2) is 10.1. The van der Waals surface area contributed by atoms with Crippen LogP contribution in [0.25, 0.3) is 0 Å². The molecule has 0 radical (unpaired) electrons. The van der Waals surface area contributed by atoms with Crippen LogP contribution in [0.2, 0.25) is 0 Å². The fraction of sp³-hybridized carbons (Fsp3) is 0.333. The monoisotopic (exact) mass is 389 g/mol. The Kier molecular flexibility index (Phi) is 8.47. The first-order valence-electron chi connectivity index (χ1n) is 8.70. The summed E-state index contributed by atoms with van der Waals surface area (Å²) in [5.41, 5.74) is 11.0. The van der Waals surface area contributed by atoms with E-state index >= 15 is 0 Å². The van der Waals surface area contributed by atoms with Gasteiger partial charge in [-0.1, -0.05) is 48.0 Å². The topological polar surface area (TPSA) is 75.4 Å². The van der Waals surface area contributed by atoms with Crippen LogP contribution in [0.4, 0.5) is 5.69 Å². The number of nitrogens with zero attached hydrogens (tertiary/aromatic N) is 1. The molecule has 5 nitrogen and oxygen atoms in total. The van der Waals surface area contributed by atoms with Crippen molar-refractivity contribution in [3.63, 3.8) is 0 Å². The van der Waals surface area contributed by atoms with E-state index in [2.05, 4.69) is 5.32 Å². The maximum absolute atomic E-state index is 12.4. The first kappa shape index (κ1) is 22.7. The molecule has 2 aromatic rings. The molecular weight excluding hydrogens is 362 g/mol. The third-order valence-electron chi connectivity index (χ3n) is 4.37. The molecule has 0 bridgehead atoms. The van der Waals surface area contributed by atoms with Crippen LogP contribution in [0.15, 0.2) is 42.5 Å². The highest BCUT2D eigenvalue weighted by atomic mass is 35.5. The zero-order chi connectivity index (χ0) is 19.3. The second-order valence-corrected chi connectivity index (χ2v) is 6.79. The minimum absolute atomic E-state index is 0. The van der Waals surface area contributed by atoms with Crippen molar-refractivity contribution in [2.75, 3.05) is 18.9 Å². The van der Waals surface area contributed by atoms with Crippen molar-refractivity contribution in [1.82, 2.24) is 4.90 Å². The van der Waals surface area contributed by atoms with Crippen LogP contribution in [0.1, 0.15) is 34.7 Å². The van der Waals surface area contributed by atoms with E-state index in [4.69, 9.17) is 5.73 Å². The van der Waals surface area contributed by atoms with Gasteiger partial charge in [-0.25, -0.2) is 0 Å². The van der Waals surface area contributed by atoms with Gasteiger partial charge < -0.3 is 16.0 Å². The van der Waals surface area contributed by atoms with Crippen LogP contribution in [0, 0.1) is 20.8 Å². The van der Waals surface area contributed by atoms with Crippen LogP contribution < -0.4 is 11.1 Å². The van der Waals surface area contributed by atoms with E-state index in [1.807, 2.05) is 63.2 Å². The standard InChI is InChI=1S/C21H27N3O2.ClH/c1-14-10-15(2)21(16(3)11-14)23-19(25)13-24(4)20(26)12-18(22)17-8-6-5-7-9-17;/h5-11,18H,12-13,22H2,1-4H3,(H,23,25);1H. The van der Waals surface area contributed by atoms with Crippen molar-refractivity contribution in [2.45, 2.75) is 33.2 Å². The number of likely N-dealkylation sites (N-methyl/N-ethyl adjacent to an activating group) is 1. The molecule has 0 aromatic heterocycles. The average molecular weight is 390 g/mol. The summed E-state index contributed by atoms with van der Waals surface area (Å²) in [5, 5.41) is 2.91. The maximum atomic E-state index is 12.4. The summed E-state index contributed by atoms with van der Waals surface area (Å²) in [6.07, 6.45) is 0.163. The van der Waals surface area contributed by atoms with E-state index in [1.54, 1.807) is 7.05 Å². The summed E-state index contributed by atoms with van der Waals surface area (Å²) in [5.74, 6) is -0.377. The first-order chi connectivity index (χ1) is 12.3. The van der Waals surface area contributed by atoms with Gasteiger partial charge in [0.1, 0.15) is 0 Å². The first-order valence-corrected chi connectivity index (χ1v) is 8.70. The van der Waals surface area contributed by atoms with E-state index in [0.29, 0.717) is 0 Å². The number of anilines is 1. The molecule has 2 amide bonds. The summed E-state index contributed by atoms with van der Waals surface area (Å²) >= 11 is 0. The summed E-state index contributed by atoms with van der Waals surface area (Å²) in [4.78, 5) is 26.1. The van der Waals surface area contributed by atoms with Crippen LogP contribution in [0.3, 0.4) is 0 Å². The van der Waals surface area contributed by atoms with Gasteiger partial charge in [-0.05, 0) is 37.5 Å². The normalized spacial score (nSPS) is 11.3.